The minimum Gasteiger partial charge on any atom is -0.504 e. The summed E-state index contributed by atoms with van der Waals surface area (Å²) in [4.78, 5) is 12.9. The topological polar surface area (TPSA) is 97.3 Å². The Hall–Kier alpha value is -3.13. The van der Waals surface area contributed by atoms with Crippen LogP contribution in [0.2, 0.25) is 0 Å². The number of nitrogens with one attached hydrogen (secondary N) is 1. The Labute approximate surface area is 169 Å². The van der Waals surface area contributed by atoms with Crippen molar-refractivity contribution in [2.45, 2.75) is 19.5 Å². The van der Waals surface area contributed by atoms with Crippen LogP contribution in [0.1, 0.15) is 16.7 Å². The SMILES string of the molecule is CNC(=O)[N@+]1(Cc2cc(OC)c(OC)c(OC)c2)CCc2cc(O)c(O)cc2C1. The lowest BCUT2D eigenvalue weighted by molar-refractivity contribution is -0.879. The molecule has 1 heterocycles. The largest absolute Gasteiger partial charge is 0.504 e. The minimum absolute atomic E-state index is 0.117. The van der Waals surface area contributed by atoms with Crippen LogP contribution in [0.4, 0.5) is 4.79 Å². The molecular weight excluding hydrogens is 376 g/mol. The number of benzene rings is 2. The van der Waals surface area contributed by atoms with Crippen molar-refractivity contribution in [2.24, 2.45) is 0 Å². The van der Waals surface area contributed by atoms with Gasteiger partial charge in [0.05, 0.1) is 27.9 Å². The van der Waals surface area contributed by atoms with Crippen molar-refractivity contribution >= 4 is 6.03 Å². The van der Waals surface area contributed by atoms with E-state index in [-0.39, 0.29) is 22.0 Å². The van der Waals surface area contributed by atoms with Crippen molar-refractivity contribution < 1.29 is 33.7 Å². The second kappa shape index (κ2) is 8.08. The van der Waals surface area contributed by atoms with Crippen LogP contribution < -0.4 is 19.5 Å². The lowest BCUT2D eigenvalue weighted by Gasteiger charge is -2.39. The number of phenols is 2. The van der Waals surface area contributed by atoms with Gasteiger partial charge >= 0.3 is 6.03 Å². The van der Waals surface area contributed by atoms with Crippen molar-refractivity contribution in [3.8, 4) is 28.7 Å². The monoisotopic (exact) mass is 403 g/mol. The maximum atomic E-state index is 12.9. The Kier molecular flexibility index (Phi) is 5.74. The van der Waals surface area contributed by atoms with Crippen LogP contribution in [0, 0.1) is 0 Å². The molecule has 3 N–H and O–H groups in total. The number of rotatable bonds is 5. The normalized spacial score (nSPS) is 17.9. The Morgan fingerprint density at radius 3 is 2.10 bits per heavy atom. The van der Waals surface area contributed by atoms with Gasteiger partial charge in [0.2, 0.25) is 5.75 Å². The van der Waals surface area contributed by atoms with Gasteiger partial charge in [0.1, 0.15) is 13.1 Å². The summed E-state index contributed by atoms with van der Waals surface area (Å²) in [6.07, 6.45) is 0.598. The molecule has 0 aromatic heterocycles. The Morgan fingerprint density at radius 1 is 1.00 bits per heavy atom. The molecule has 0 aliphatic carbocycles. The number of carbonyl (C=O) groups is 1. The zero-order valence-electron chi connectivity index (χ0n) is 17.1. The van der Waals surface area contributed by atoms with Gasteiger partial charge in [0.15, 0.2) is 23.0 Å². The van der Waals surface area contributed by atoms with Crippen LogP contribution in [-0.2, 0) is 19.5 Å². The van der Waals surface area contributed by atoms with Gasteiger partial charge in [-0.25, -0.2) is 9.28 Å². The molecule has 1 atom stereocenters. The van der Waals surface area contributed by atoms with Crippen LogP contribution in [0.5, 0.6) is 28.7 Å². The maximum Gasteiger partial charge on any atom is 0.416 e. The zero-order chi connectivity index (χ0) is 21.2. The third kappa shape index (κ3) is 3.75. The second-order valence-corrected chi connectivity index (χ2v) is 7.13. The van der Waals surface area contributed by atoms with Crippen molar-refractivity contribution in [1.82, 2.24) is 5.32 Å². The summed E-state index contributed by atoms with van der Waals surface area (Å²) in [5.41, 5.74) is 2.62. The Bertz CT molecular complexity index is 905. The lowest BCUT2D eigenvalue weighted by atomic mass is 9.96. The third-order valence-electron chi connectivity index (χ3n) is 5.43. The van der Waals surface area contributed by atoms with E-state index in [0.29, 0.717) is 43.3 Å². The number of phenolic OH excluding ortho intramolecular Hbond substituents is 2. The van der Waals surface area contributed by atoms with Crippen molar-refractivity contribution in [3.05, 3.63) is 41.0 Å². The number of nitrogens with zero attached hydrogens (tertiary/aromatic N) is 1. The molecule has 1 aliphatic rings. The van der Waals surface area contributed by atoms with Crippen LogP contribution in [0.3, 0.4) is 0 Å². The third-order valence-corrected chi connectivity index (χ3v) is 5.43. The predicted octanol–water partition coefficient (Wildman–Crippen LogP) is 2.54. The number of carbonyl (C=O) groups excluding carboxylic acids is 1. The van der Waals surface area contributed by atoms with Crippen LogP contribution in [0.15, 0.2) is 24.3 Å². The molecule has 0 unspecified atom stereocenters. The summed E-state index contributed by atoms with van der Waals surface area (Å²) < 4.78 is 16.4. The average molecular weight is 403 g/mol. The molecule has 3 rings (SSSR count). The van der Waals surface area contributed by atoms with E-state index < -0.39 is 0 Å². The van der Waals surface area contributed by atoms with E-state index in [9.17, 15) is 15.0 Å². The van der Waals surface area contributed by atoms with E-state index in [1.807, 2.05) is 12.1 Å². The number of urea groups is 1. The highest BCUT2D eigenvalue weighted by atomic mass is 16.5. The molecule has 2 amide bonds. The van der Waals surface area contributed by atoms with E-state index in [0.717, 1.165) is 16.7 Å². The molecule has 2 aromatic carbocycles. The number of hydrogen-bond donors (Lipinski definition) is 3. The molecule has 1 aliphatic heterocycles. The van der Waals surface area contributed by atoms with Gasteiger partial charge in [0, 0.05) is 24.6 Å². The number of quaternary nitrogens is 1. The first kappa shape index (κ1) is 20.6. The van der Waals surface area contributed by atoms with Crippen molar-refractivity contribution in [3.63, 3.8) is 0 Å². The van der Waals surface area contributed by atoms with Gasteiger partial charge in [-0.1, -0.05) is 0 Å². The van der Waals surface area contributed by atoms with Gasteiger partial charge in [-0.05, 0) is 29.8 Å². The van der Waals surface area contributed by atoms with Crippen LogP contribution in [-0.4, -0.2) is 55.6 Å². The first-order chi connectivity index (χ1) is 13.9. The average Bonchev–Trinajstić information content (AvgIpc) is 2.73. The highest BCUT2D eigenvalue weighted by Crippen LogP contribution is 2.40. The van der Waals surface area contributed by atoms with Gasteiger partial charge in [-0.2, -0.15) is 0 Å². The van der Waals surface area contributed by atoms with Gasteiger partial charge < -0.3 is 29.7 Å². The lowest BCUT2D eigenvalue weighted by Crippen LogP contribution is -2.57. The summed E-state index contributed by atoms with van der Waals surface area (Å²) in [5, 5.41) is 22.5. The maximum absolute atomic E-state index is 12.9. The predicted molar refractivity (Wildman–Crippen MR) is 107 cm³/mol. The first-order valence-corrected chi connectivity index (χ1v) is 9.28. The number of hydrogen-bond acceptors (Lipinski definition) is 6. The molecule has 2 aromatic rings. The van der Waals surface area contributed by atoms with Crippen LogP contribution in [0.25, 0.3) is 0 Å². The quantitative estimate of drug-likeness (QED) is 0.524. The fraction of sp³-hybridized carbons (Fsp3) is 0.381. The minimum atomic E-state index is -0.187. The van der Waals surface area contributed by atoms with E-state index in [1.165, 1.54) is 6.07 Å². The van der Waals surface area contributed by atoms with Crippen molar-refractivity contribution in [1.29, 1.82) is 0 Å². The Balaban J connectivity index is 2.03. The second-order valence-electron chi connectivity index (χ2n) is 7.13. The van der Waals surface area contributed by atoms with E-state index in [4.69, 9.17) is 14.2 Å². The zero-order valence-corrected chi connectivity index (χ0v) is 17.1. The number of methoxy groups -OCH3 is 3. The smallest absolute Gasteiger partial charge is 0.416 e. The van der Waals surface area contributed by atoms with E-state index in [2.05, 4.69) is 5.32 Å². The summed E-state index contributed by atoms with van der Waals surface area (Å²) in [7, 11) is 6.26. The van der Waals surface area contributed by atoms with Gasteiger partial charge in [-0.3, -0.25) is 0 Å². The molecule has 8 heteroatoms. The van der Waals surface area contributed by atoms with Gasteiger partial charge in [0.25, 0.3) is 0 Å². The van der Waals surface area contributed by atoms with E-state index in [1.54, 1.807) is 34.4 Å². The summed E-state index contributed by atoms with van der Waals surface area (Å²) in [5.74, 6) is 1.21. The standard InChI is InChI=1S/C21H26N2O6/c1-22-21(26)23(6-5-14-9-16(24)17(25)10-15(14)12-23)11-13-7-18(27-2)20(29-4)19(8-13)28-3/h7-10H,5-6,11-12H2,1-4H3,(H2-,22,24,25,26)/p+1/t23-/m0/s1. The molecule has 0 saturated carbocycles. The van der Waals surface area contributed by atoms with Crippen molar-refractivity contribution in [2.75, 3.05) is 34.9 Å². The van der Waals surface area contributed by atoms with E-state index >= 15 is 0 Å². The van der Waals surface area contributed by atoms with Crippen LogP contribution >= 0.6 is 0 Å². The summed E-state index contributed by atoms with van der Waals surface area (Å²) >= 11 is 0. The number of aromatic hydroxyl groups is 2. The highest BCUT2D eigenvalue weighted by molar-refractivity contribution is 5.67. The molecule has 0 bridgehead atoms. The molecule has 29 heavy (non-hydrogen) atoms. The Morgan fingerprint density at radius 2 is 1.59 bits per heavy atom. The molecular formula is C21H27N2O6+. The fourth-order valence-electron chi connectivity index (χ4n) is 3.98. The highest BCUT2D eigenvalue weighted by Gasteiger charge is 2.40. The molecule has 0 saturated heterocycles. The fourth-order valence-corrected chi connectivity index (χ4v) is 3.98. The molecule has 156 valence electrons. The number of ether oxygens (including phenoxy) is 3. The summed E-state index contributed by atoms with van der Waals surface area (Å²) in [6.45, 7) is 1.34. The first-order valence-electron chi connectivity index (χ1n) is 9.28. The number of amides is 2. The number of fused-ring (bicyclic) bond motifs is 1. The van der Waals surface area contributed by atoms with Gasteiger partial charge in [-0.15, -0.1) is 0 Å². The molecule has 8 nitrogen and oxygen atoms in total. The molecule has 0 fully saturated rings. The molecule has 0 spiro atoms. The summed E-state index contributed by atoms with van der Waals surface area (Å²) in [6, 6.07) is 6.66. The molecule has 0 radical (unpaired) electrons.